The highest BCUT2D eigenvalue weighted by atomic mass is 15.2. The van der Waals surface area contributed by atoms with Gasteiger partial charge in [-0.3, -0.25) is 0 Å². The molecule has 0 saturated heterocycles. The largest absolute Gasteiger partial charge is 0.309 e. The summed E-state index contributed by atoms with van der Waals surface area (Å²) >= 11 is 0. The molecule has 146 heavy (non-hydrogen) atoms. The zero-order chi connectivity index (χ0) is 101. The lowest BCUT2D eigenvalue weighted by Crippen LogP contribution is -2.24. The van der Waals surface area contributed by atoms with Gasteiger partial charge in [0.25, 0.3) is 0 Å². The second-order valence-electron chi connectivity index (χ2n) is 47.2. The van der Waals surface area contributed by atoms with Gasteiger partial charge in [0.15, 0.2) is 0 Å². The van der Waals surface area contributed by atoms with Crippen LogP contribution in [0.2, 0.25) is 0 Å². The maximum atomic E-state index is 2.54. The number of para-hydroxylation sites is 2. The highest BCUT2D eigenvalue weighted by Crippen LogP contribution is 2.59. The van der Waals surface area contributed by atoms with Gasteiger partial charge >= 0.3 is 0 Å². The fraction of sp³-hybridized carbons (Fsp3) is 0.194. The third-order valence-electron chi connectivity index (χ3n) is 32.0. The maximum absolute atomic E-state index is 2.54. The van der Waals surface area contributed by atoms with E-state index in [1.165, 1.54) is 194 Å². The van der Waals surface area contributed by atoms with Crippen LogP contribution in [0.5, 0.6) is 0 Å². The van der Waals surface area contributed by atoms with E-state index in [2.05, 4.69) is 584 Å². The molecule has 20 aromatic carbocycles. The molecule has 2 unspecified atom stereocenters. The van der Waals surface area contributed by atoms with Crippen LogP contribution in [0.3, 0.4) is 0 Å². The van der Waals surface area contributed by atoms with Crippen LogP contribution in [0.25, 0.3) is 133 Å². The molecule has 2 nitrogen and oxygen atoms in total. The minimum absolute atomic E-state index is 0.0531. The summed E-state index contributed by atoms with van der Waals surface area (Å²) in [5.41, 5.74) is 46.2. The van der Waals surface area contributed by atoms with Gasteiger partial charge in [-0.15, -0.1) is 0 Å². The Labute approximate surface area is 866 Å². The van der Waals surface area contributed by atoms with Gasteiger partial charge in [0, 0.05) is 44.5 Å². The lowest BCUT2D eigenvalue weighted by molar-refractivity contribution is 0.517. The molecule has 0 amide bonds. The van der Waals surface area contributed by atoms with Gasteiger partial charge < -0.3 is 9.80 Å². The predicted molar refractivity (Wildman–Crippen MR) is 626 cm³/mol. The van der Waals surface area contributed by atoms with E-state index in [0.717, 1.165) is 51.7 Å². The first kappa shape index (κ1) is 95.4. The predicted octanol–water partition coefficient (Wildman–Crippen LogP) is 39.9. The van der Waals surface area contributed by atoms with E-state index in [1.807, 2.05) is 0 Å². The van der Waals surface area contributed by atoms with Crippen molar-refractivity contribution in [3.8, 4) is 111 Å². The number of nitrogens with zero attached hydrogens (tertiary/aromatic N) is 2. The molecule has 2 atom stereocenters. The van der Waals surface area contributed by atoms with Gasteiger partial charge in [-0.2, -0.15) is 0 Å². The maximum Gasteiger partial charge on any atom is 0.0540 e. The molecule has 0 heterocycles. The summed E-state index contributed by atoms with van der Waals surface area (Å²) in [5, 5.41) is 4.86. The molecule has 718 valence electrons. The summed E-state index contributed by atoms with van der Waals surface area (Å²) in [6.45, 7) is 44.9. The minimum Gasteiger partial charge on any atom is -0.309 e. The van der Waals surface area contributed by atoms with Gasteiger partial charge in [0.1, 0.15) is 0 Å². The SMILES string of the molecule is CC(C)(C)c1cc(-c2cccc3cccc(-c4ccccc4N(c4ccc(-c5cccc6c5-c5ccccc5C6(C)c5ccc(CC(C)(C)c6cc(-c7cccc8cccc(-c9ccccc9N(c9ccc(-c%10ccc%11c(c%10)C(C)(c%10ccccc%10)c%10ccccc%10-%11)cc9)c9ccc(C(C)(C)C)cc9-c9ccccc9)c78)cc(C(C)(C)C)c6)cc5)cc4)c4ccc(C(C)(C)C)cc4-c4ccccc4)c23)cc(C(C)(C)C)c1. The molecule has 0 fully saturated rings. The highest BCUT2D eigenvalue weighted by molar-refractivity contribution is 6.12. The van der Waals surface area contributed by atoms with E-state index >= 15 is 0 Å². The molecule has 0 bridgehead atoms. The Morgan fingerprint density at radius 3 is 1.00 bits per heavy atom. The fourth-order valence-electron chi connectivity index (χ4n) is 23.6. The van der Waals surface area contributed by atoms with Crippen LogP contribution in [-0.2, 0) is 49.7 Å². The number of anilines is 6. The van der Waals surface area contributed by atoms with Gasteiger partial charge in [0.05, 0.1) is 22.7 Å². The van der Waals surface area contributed by atoms with E-state index in [-0.39, 0.29) is 37.9 Å². The van der Waals surface area contributed by atoms with Crippen molar-refractivity contribution in [2.45, 2.75) is 181 Å². The van der Waals surface area contributed by atoms with Gasteiger partial charge in [-0.05, 0) is 302 Å². The summed E-state index contributed by atoms with van der Waals surface area (Å²) in [4.78, 5) is 5.08. The second-order valence-corrected chi connectivity index (χ2v) is 47.2. The molecule has 0 radical (unpaired) electrons. The zero-order valence-electron chi connectivity index (χ0n) is 88.2. The molecule has 0 aliphatic heterocycles. The number of fused-ring (bicyclic) bond motifs is 8. The van der Waals surface area contributed by atoms with E-state index in [0.29, 0.717) is 0 Å². The quantitative estimate of drug-likeness (QED) is 0.0796. The molecule has 22 rings (SSSR count). The van der Waals surface area contributed by atoms with Crippen molar-refractivity contribution in [1.82, 2.24) is 0 Å². The van der Waals surface area contributed by atoms with Gasteiger partial charge in [-0.25, -0.2) is 0 Å². The molecular formula is C144H132N2. The van der Waals surface area contributed by atoms with Crippen LogP contribution in [-0.4, -0.2) is 0 Å². The van der Waals surface area contributed by atoms with Crippen LogP contribution >= 0.6 is 0 Å². The number of benzene rings is 20. The summed E-state index contributed by atoms with van der Waals surface area (Å²) in [6, 6.07) is 169. The Hall–Kier alpha value is -15.5. The van der Waals surface area contributed by atoms with Crippen LogP contribution in [0.1, 0.15) is 204 Å². The van der Waals surface area contributed by atoms with Crippen molar-refractivity contribution in [3.05, 3.63) is 515 Å². The summed E-state index contributed by atoms with van der Waals surface area (Å²) in [6.07, 6.45) is 0.834. The number of hydrogen-bond donors (Lipinski definition) is 0. The zero-order valence-corrected chi connectivity index (χ0v) is 88.2. The molecule has 0 saturated carbocycles. The number of rotatable bonds is 19. The van der Waals surface area contributed by atoms with Crippen molar-refractivity contribution in [1.29, 1.82) is 0 Å². The Kier molecular flexibility index (Phi) is 24.0. The summed E-state index contributed by atoms with van der Waals surface area (Å²) < 4.78 is 0. The van der Waals surface area contributed by atoms with E-state index in [1.54, 1.807) is 0 Å². The standard InChI is InChI=1S/C144H132N2/c1-137(2,3)106-75-82-132(124(91-106)96-42-23-20-24-43-96)145(112-77-68-95(69-78-112)101-72-81-118-117-52-29-33-61-126(117)144(19,129(118)88-101)104-50-27-22-28-51-104)130-64-35-31-54-120(130)122-60-40-49-100-47-38-57-116(135(100)122)103-86-110(141(13,14)15)90-111(87-103)142(16,17)93-94-66-73-105(74-67-94)143(18)127-62-34-30-55-123(127)136-114(58-41-63-128(136)143)98-70-79-113(80-71-98)146(133-83-76-107(138(4,5)6)92-125(133)97-44-25-21-26-45-97)131-65-36-32-53-119(131)121-59-39-48-99-46-37-56-115(134(99)121)102-84-108(139(7,8)9)89-109(85-102)140(10,11)12/h20-92H,93H2,1-19H3. The van der Waals surface area contributed by atoms with Crippen LogP contribution in [0.4, 0.5) is 34.1 Å². The molecule has 0 spiro atoms. The fourth-order valence-corrected chi connectivity index (χ4v) is 23.6. The first-order chi connectivity index (χ1) is 70.1. The van der Waals surface area contributed by atoms with Crippen LogP contribution in [0, 0.1) is 0 Å². The third-order valence-corrected chi connectivity index (χ3v) is 32.0. The van der Waals surface area contributed by atoms with Crippen molar-refractivity contribution < 1.29 is 0 Å². The average molecular weight is 1890 g/mol. The number of hydrogen-bond acceptors (Lipinski definition) is 2. The van der Waals surface area contributed by atoms with Gasteiger partial charge in [0.2, 0.25) is 0 Å². The lowest BCUT2D eigenvalue weighted by Gasteiger charge is -2.32. The molecule has 20 aromatic rings. The smallest absolute Gasteiger partial charge is 0.0540 e. The first-order valence-corrected chi connectivity index (χ1v) is 52.5. The third kappa shape index (κ3) is 17.2. The van der Waals surface area contributed by atoms with Crippen LogP contribution < -0.4 is 9.80 Å². The van der Waals surface area contributed by atoms with Gasteiger partial charge in [-0.1, -0.05) is 494 Å². The van der Waals surface area contributed by atoms with Crippen molar-refractivity contribution in [2.24, 2.45) is 0 Å². The van der Waals surface area contributed by atoms with E-state index in [4.69, 9.17) is 0 Å². The topological polar surface area (TPSA) is 6.48 Å². The molecule has 0 aromatic heterocycles. The summed E-state index contributed by atoms with van der Waals surface area (Å²) in [7, 11) is 0. The Morgan fingerprint density at radius 1 is 0.192 bits per heavy atom. The van der Waals surface area contributed by atoms with Crippen molar-refractivity contribution >= 4 is 55.7 Å². The first-order valence-electron chi connectivity index (χ1n) is 52.5. The van der Waals surface area contributed by atoms with E-state index in [9.17, 15) is 0 Å². The second kappa shape index (κ2) is 36.7. The van der Waals surface area contributed by atoms with E-state index < -0.39 is 5.41 Å². The molecule has 2 heteroatoms. The molecule has 2 aliphatic rings. The van der Waals surface area contributed by atoms with Crippen LogP contribution in [0.15, 0.2) is 443 Å². The molecular weight excluding hydrogens is 1760 g/mol. The normalized spacial score (nSPS) is 14.6. The molecule has 2 aliphatic carbocycles. The average Bonchev–Trinajstić information content (AvgIpc) is 1.55. The van der Waals surface area contributed by atoms with Crippen molar-refractivity contribution in [2.75, 3.05) is 9.80 Å². The minimum atomic E-state index is -0.458. The summed E-state index contributed by atoms with van der Waals surface area (Å²) in [5.74, 6) is 0. The Morgan fingerprint density at radius 2 is 0.527 bits per heavy atom. The highest BCUT2D eigenvalue weighted by Gasteiger charge is 2.44. The Bertz CT molecular complexity index is 8360. The lowest BCUT2D eigenvalue weighted by atomic mass is 9.72. The monoisotopic (exact) mass is 1890 g/mol. The Balaban J connectivity index is 0.608. The molecule has 0 N–H and O–H groups in total. The van der Waals surface area contributed by atoms with Crippen molar-refractivity contribution in [3.63, 3.8) is 0 Å².